The van der Waals surface area contributed by atoms with Crippen LogP contribution in [-0.2, 0) is 9.53 Å². The molecule has 0 aromatic carbocycles. The fourth-order valence-electron chi connectivity index (χ4n) is 1.11. The predicted molar refractivity (Wildman–Crippen MR) is 44.6 cm³/mol. The highest BCUT2D eigenvalue weighted by atomic mass is 32.2. The average molecular weight is 184 g/mol. The molecular weight excluding hydrogens is 176 g/mol. The first-order valence-electron chi connectivity index (χ1n) is 3.67. The Bertz CT molecular complexity index is 268. The minimum Gasteiger partial charge on any atom is -0.467 e. The molecule has 1 aliphatic heterocycles. The van der Waals surface area contributed by atoms with Crippen LogP contribution < -0.4 is 0 Å². The minimum absolute atomic E-state index is 0.169. The molecule has 3 nitrogen and oxygen atoms in total. The van der Waals surface area contributed by atoms with Gasteiger partial charge in [-0.2, -0.15) is 0 Å². The van der Waals surface area contributed by atoms with E-state index < -0.39 is 0 Å². The second-order valence-electron chi connectivity index (χ2n) is 2.51. The van der Waals surface area contributed by atoms with Crippen molar-refractivity contribution in [2.75, 3.05) is 5.94 Å². The molecule has 64 valence electrons. The molecule has 4 heteroatoms. The summed E-state index contributed by atoms with van der Waals surface area (Å²) in [7, 11) is 0. The van der Waals surface area contributed by atoms with Crippen molar-refractivity contribution in [3.8, 4) is 0 Å². The molecule has 0 spiro atoms. The first-order valence-corrected chi connectivity index (χ1v) is 4.65. The van der Waals surface area contributed by atoms with Crippen molar-refractivity contribution in [2.45, 2.75) is 12.5 Å². The van der Waals surface area contributed by atoms with Gasteiger partial charge in [0, 0.05) is 0 Å². The van der Waals surface area contributed by atoms with Crippen molar-refractivity contribution < 1.29 is 13.9 Å². The Kier molecular flexibility index (Phi) is 2.19. The van der Waals surface area contributed by atoms with E-state index in [1.165, 1.54) is 11.8 Å². The van der Waals surface area contributed by atoms with E-state index in [1.807, 2.05) is 6.07 Å². The third-order valence-electron chi connectivity index (χ3n) is 1.70. The van der Waals surface area contributed by atoms with Crippen molar-refractivity contribution in [3.63, 3.8) is 0 Å². The van der Waals surface area contributed by atoms with Gasteiger partial charge in [-0.1, -0.05) is 11.8 Å². The van der Waals surface area contributed by atoms with Crippen molar-refractivity contribution in [1.82, 2.24) is 0 Å². The van der Waals surface area contributed by atoms with Gasteiger partial charge in [-0.25, -0.2) is 0 Å². The van der Waals surface area contributed by atoms with Crippen LogP contribution in [0.1, 0.15) is 18.3 Å². The van der Waals surface area contributed by atoms with Gasteiger partial charge >= 0.3 is 0 Å². The predicted octanol–water partition coefficient (Wildman–Crippen LogP) is 1.96. The number of furan rings is 1. The zero-order valence-electron chi connectivity index (χ0n) is 6.36. The molecular formula is C8H8O3S. The molecule has 0 amide bonds. The summed E-state index contributed by atoms with van der Waals surface area (Å²) in [5, 5.41) is 0.169. The van der Waals surface area contributed by atoms with Crippen LogP contribution in [0.25, 0.3) is 0 Å². The lowest BCUT2D eigenvalue weighted by atomic mass is 10.2. The Labute approximate surface area is 74.1 Å². The lowest BCUT2D eigenvalue weighted by Crippen LogP contribution is -2.14. The second kappa shape index (κ2) is 3.33. The van der Waals surface area contributed by atoms with Crippen molar-refractivity contribution >= 4 is 16.9 Å². The molecule has 1 aromatic rings. The highest BCUT2D eigenvalue weighted by molar-refractivity contribution is 8.13. The summed E-state index contributed by atoms with van der Waals surface area (Å²) in [4.78, 5) is 11.0. The summed E-state index contributed by atoms with van der Waals surface area (Å²) in [6.07, 6.45) is 1.83. The van der Waals surface area contributed by atoms with E-state index in [-0.39, 0.29) is 11.2 Å². The van der Waals surface area contributed by atoms with E-state index in [9.17, 15) is 4.79 Å². The number of carbonyl (C=O) groups is 1. The SMILES string of the molecule is O=C1CC(c2ccco2)OCS1. The van der Waals surface area contributed by atoms with Crippen LogP contribution in [0.2, 0.25) is 0 Å². The smallest absolute Gasteiger partial charge is 0.194 e. The van der Waals surface area contributed by atoms with Gasteiger partial charge in [-0.15, -0.1) is 0 Å². The van der Waals surface area contributed by atoms with Gasteiger partial charge < -0.3 is 9.15 Å². The van der Waals surface area contributed by atoms with Gasteiger partial charge in [0.15, 0.2) is 5.12 Å². The van der Waals surface area contributed by atoms with E-state index in [4.69, 9.17) is 9.15 Å². The monoisotopic (exact) mass is 184 g/mol. The van der Waals surface area contributed by atoms with E-state index >= 15 is 0 Å². The molecule has 2 heterocycles. The molecule has 1 fully saturated rings. The number of thioether (sulfide) groups is 1. The molecule has 1 saturated heterocycles. The summed E-state index contributed by atoms with van der Waals surface area (Å²) < 4.78 is 10.5. The molecule has 1 aliphatic rings. The van der Waals surface area contributed by atoms with Crippen LogP contribution in [0.4, 0.5) is 0 Å². The van der Waals surface area contributed by atoms with E-state index in [2.05, 4.69) is 0 Å². The Hall–Kier alpha value is -0.740. The summed E-state index contributed by atoms with van der Waals surface area (Å²) in [6.45, 7) is 0. The lowest BCUT2D eigenvalue weighted by molar-refractivity contribution is -0.115. The van der Waals surface area contributed by atoms with E-state index in [1.54, 1.807) is 12.3 Å². The molecule has 0 saturated carbocycles. The molecule has 1 aromatic heterocycles. The van der Waals surface area contributed by atoms with Crippen molar-refractivity contribution in [2.24, 2.45) is 0 Å². The normalized spacial score (nSPS) is 24.3. The van der Waals surface area contributed by atoms with Crippen molar-refractivity contribution in [3.05, 3.63) is 24.2 Å². The lowest BCUT2D eigenvalue weighted by Gasteiger charge is -2.18. The highest BCUT2D eigenvalue weighted by Gasteiger charge is 2.23. The van der Waals surface area contributed by atoms with Crippen LogP contribution in [0.3, 0.4) is 0 Å². The highest BCUT2D eigenvalue weighted by Crippen LogP contribution is 2.29. The minimum atomic E-state index is -0.172. The van der Waals surface area contributed by atoms with Crippen LogP contribution in [0.5, 0.6) is 0 Å². The topological polar surface area (TPSA) is 39.4 Å². The summed E-state index contributed by atoms with van der Waals surface area (Å²) >= 11 is 1.22. The maximum Gasteiger partial charge on any atom is 0.194 e. The zero-order valence-corrected chi connectivity index (χ0v) is 7.17. The first kappa shape index (κ1) is 7.89. The Morgan fingerprint density at radius 2 is 2.50 bits per heavy atom. The molecule has 0 bridgehead atoms. The van der Waals surface area contributed by atoms with E-state index in [0.717, 1.165) is 5.76 Å². The molecule has 0 N–H and O–H groups in total. The molecule has 2 rings (SSSR count). The Balaban J connectivity index is 2.09. The van der Waals surface area contributed by atoms with Crippen LogP contribution >= 0.6 is 11.8 Å². The maximum atomic E-state index is 11.0. The number of hydrogen-bond acceptors (Lipinski definition) is 4. The van der Waals surface area contributed by atoms with Gasteiger partial charge in [0.2, 0.25) is 0 Å². The number of hydrogen-bond donors (Lipinski definition) is 0. The fraction of sp³-hybridized carbons (Fsp3) is 0.375. The molecule has 1 unspecified atom stereocenters. The maximum absolute atomic E-state index is 11.0. The third-order valence-corrected chi connectivity index (χ3v) is 2.44. The fourth-order valence-corrected chi connectivity index (χ4v) is 1.74. The van der Waals surface area contributed by atoms with Crippen LogP contribution in [0.15, 0.2) is 22.8 Å². The van der Waals surface area contributed by atoms with Gasteiger partial charge in [-0.3, -0.25) is 4.79 Å². The van der Waals surface area contributed by atoms with Crippen LogP contribution in [0, 0.1) is 0 Å². The molecule has 0 aliphatic carbocycles. The summed E-state index contributed by atoms with van der Waals surface area (Å²) in [6, 6.07) is 3.62. The van der Waals surface area contributed by atoms with Gasteiger partial charge in [0.1, 0.15) is 17.8 Å². The van der Waals surface area contributed by atoms with Gasteiger partial charge in [0.05, 0.1) is 12.7 Å². The molecule has 12 heavy (non-hydrogen) atoms. The van der Waals surface area contributed by atoms with Gasteiger partial charge in [0.25, 0.3) is 0 Å². The second-order valence-corrected chi connectivity index (χ2v) is 3.49. The summed E-state index contributed by atoms with van der Waals surface area (Å²) in [5.74, 6) is 1.17. The molecule has 1 atom stereocenters. The number of ether oxygens (including phenoxy) is 1. The average Bonchev–Trinajstić information content (AvgIpc) is 2.56. The standard InChI is InChI=1S/C8H8O3S/c9-8-4-7(11-5-12-8)6-2-1-3-10-6/h1-3,7H,4-5H2. The van der Waals surface area contributed by atoms with Crippen molar-refractivity contribution in [1.29, 1.82) is 0 Å². The Morgan fingerprint density at radius 1 is 1.58 bits per heavy atom. The summed E-state index contributed by atoms with van der Waals surface area (Å²) in [5.41, 5.74) is 0. The zero-order chi connectivity index (χ0) is 8.39. The van der Waals surface area contributed by atoms with Gasteiger partial charge in [-0.05, 0) is 12.1 Å². The van der Waals surface area contributed by atoms with E-state index in [0.29, 0.717) is 12.4 Å². The number of rotatable bonds is 1. The quantitative estimate of drug-likeness (QED) is 0.668. The van der Waals surface area contributed by atoms with Crippen LogP contribution in [-0.4, -0.2) is 11.1 Å². The first-order chi connectivity index (χ1) is 5.86. The largest absolute Gasteiger partial charge is 0.467 e. The molecule has 0 radical (unpaired) electrons. The number of carbonyl (C=O) groups excluding carboxylic acids is 1. The Morgan fingerprint density at radius 3 is 3.17 bits per heavy atom. The third kappa shape index (κ3) is 1.54.